The Hall–Kier alpha value is -4.11. The van der Waals surface area contributed by atoms with Crippen molar-refractivity contribution in [1.82, 2.24) is 0 Å². The highest BCUT2D eigenvalue weighted by molar-refractivity contribution is 5.97. The van der Waals surface area contributed by atoms with Crippen LogP contribution in [0.1, 0.15) is 16.8 Å². The summed E-state index contributed by atoms with van der Waals surface area (Å²) < 4.78 is 5.23. The first-order valence-electron chi connectivity index (χ1n) is 9.37. The van der Waals surface area contributed by atoms with E-state index in [-0.39, 0.29) is 18.7 Å². The van der Waals surface area contributed by atoms with Crippen LogP contribution in [-0.4, -0.2) is 30.1 Å². The number of amides is 1. The molecular weight excluding hydrogens is 380 g/mol. The minimum Gasteiger partial charge on any atom is -0.508 e. The second-order valence-corrected chi connectivity index (χ2v) is 6.49. The number of para-hydroxylation sites is 1. The first-order valence-corrected chi connectivity index (χ1v) is 9.37. The number of ether oxygens (including phenoxy) is 1. The van der Waals surface area contributed by atoms with Gasteiger partial charge < -0.3 is 14.7 Å². The van der Waals surface area contributed by atoms with E-state index in [1.54, 1.807) is 66.7 Å². The second kappa shape index (κ2) is 9.89. The maximum atomic E-state index is 12.6. The molecule has 0 bridgehead atoms. The lowest BCUT2D eigenvalue weighted by Gasteiger charge is -2.21. The first-order chi connectivity index (χ1) is 14.6. The van der Waals surface area contributed by atoms with Crippen molar-refractivity contribution in [1.29, 1.82) is 5.26 Å². The third-order valence-corrected chi connectivity index (χ3v) is 4.44. The zero-order valence-corrected chi connectivity index (χ0v) is 16.2. The highest BCUT2D eigenvalue weighted by Crippen LogP contribution is 2.23. The minimum absolute atomic E-state index is 0.159. The Balaban J connectivity index is 1.68. The fourth-order valence-electron chi connectivity index (χ4n) is 2.94. The number of esters is 1. The molecule has 0 aliphatic carbocycles. The number of benzene rings is 3. The van der Waals surface area contributed by atoms with E-state index in [1.165, 1.54) is 4.90 Å². The van der Waals surface area contributed by atoms with Crippen molar-refractivity contribution in [2.75, 3.05) is 18.1 Å². The van der Waals surface area contributed by atoms with Crippen molar-refractivity contribution in [3.05, 3.63) is 84.4 Å². The van der Waals surface area contributed by atoms with Crippen molar-refractivity contribution in [2.45, 2.75) is 6.42 Å². The van der Waals surface area contributed by atoms with Gasteiger partial charge in [0.1, 0.15) is 5.75 Å². The van der Waals surface area contributed by atoms with Crippen molar-refractivity contribution in [3.63, 3.8) is 0 Å². The summed E-state index contributed by atoms with van der Waals surface area (Å²) in [4.78, 5) is 26.5. The Morgan fingerprint density at radius 1 is 0.933 bits per heavy atom. The molecule has 6 heteroatoms. The maximum Gasteiger partial charge on any atom is 0.338 e. The van der Waals surface area contributed by atoms with E-state index in [1.807, 2.05) is 18.2 Å². The van der Waals surface area contributed by atoms with Gasteiger partial charge in [0.25, 0.3) is 5.91 Å². The number of phenolic OH excluding ortho intramolecular Hbond substituents is 1. The van der Waals surface area contributed by atoms with Crippen molar-refractivity contribution in [3.8, 4) is 22.9 Å². The van der Waals surface area contributed by atoms with Gasteiger partial charge in [-0.1, -0.05) is 42.5 Å². The number of nitriles is 1. The van der Waals surface area contributed by atoms with Gasteiger partial charge in [-0.15, -0.1) is 0 Å². The lowest BCUT2D eigenvalue weighted by Crippen LogP contribution is -2.35. The average molecular weight is 400 g/mol. The quantitative estimate of drug-likeness (QED) is 0.601. The fraction of sp³-hybridized carbons (Fsp3) is 0.125. The number of phenols is 1. The Labute approximate surface area is 174 Å². The predicted octanol–water partition coefficient (Wildman–Crippen LogP) is 4.16. The molecule has 0 unspecified atom stereocenters. The SMILES string of the molecule is N#CCCN(C(=O)COC(=O)c1cccc(-c2ccc(O)cc2)c1)c1ccccc1. The van der Waals surface area contributed by atoms with Gasteiger partial charge in [-0.25, -0.2) is 4.79 Å². The Morgan fingerprint density at radius 2 is 1.67 bits per heavy atom. The van der Waals surface area contributed by atoms with Gasteiger partial charge in [0, 0.05) is 12.2 Å². The molecule has 0 aliphatic heterocycles. The Bertz CT molecular complexity index is 1060. The molecule has 3 aromatic rings. The molecule has 150 valence electrons. The summed E-state index contributed by atoms with van der Waals surface area (Å²) in [5, 5.41) is 18.3. The normalized spacial score (nSPS) is 10.1. The average Bonchev–Trinajstić information content (AvgIpc) is 2.79. The molecule has 30 heavy (non-hydrogen) atoms. The van der Waals surface area contributed by atoms with Crippen LogP contribution < -0.4 is 4.90 Å². The topological polar surface area (TPSA) is 90.6 Å². The van der Waals surface area contributed by atoms with E-state index in [2.05, 4.69) is 0 Å². The molecule has 6 nitrogen and oxygen atoms in total. The smallest absolute Gasteiger partial charge is 0.338 e. The van der Waals surface area contributed by atoms with Gasteiger partial charge in [0.15, 0.2) is 6.61 Å². The van der Waals surface area contributed by atoms with E-state index in [9.17, 15) is 14.7 Å². The summed E-state index contributed by atoms with van der Waals surface area (Å²) >= 11 is 0. The van der Waals surface area contributed by atoms with Gasteiger partial charge in [0.2, 0.25) is 0 Å². The Morgan fingerprint density at radius 3 is 2.37 bits per heavy atom. The van der Waals surface area contributed by atoms with E-state index in [0.29, 0.717) is 11.3 Å². The van der Waals surface area contributed by atoms with Gasteiger partial charge >= 0.3 is 5.97 Å². The summed E-state index contributed by atoms with van der Waals surface area (Å²) in [6.45, 7) is -0.212. The number of carbonyl (C=O) groups excluding carboxylic acids is 2. The largest absolute Gasteiger partial charge is 0.508 e. The van der Waals surface area contributed by atoms with Crippen LogP contribution in [0.4, 0.5) is 5.69 Å². The summed E-state index contributed by atoms with van der Waals surface area (Å²) in [5.41, 5.74) is 2.58. The summed E-state index contributed by atoms with van der Waals surface area (Å²) in [6.07, 6.45) is 0.170. The van der Waals surface area contributed by atoms with Crippen LogP contribution in [0.3, 0.4) is 0 Å². The maximum absolute atomic E-state index is 12.6. The van der Waals surface area contributed by atoms with Crippen LogP contribution in [0.15, 0.2) is 78.9 Å². The zero-order chi connectivity index (χ0) is 21.3. The predicted molar refractivity (Wildman–Crippen MR) is 113 cm³/mol. The molecule has 0 heterocycles. The van der Waals surface area contributed by atoms with Crippen molar-refractivity contribution >= 4 is 17.6 Å². The van der Waals surface area contributed by atoms with Crippen LogP contribution in [0.2, 0.25) is 0 Å². The molecule has 0 saturated carbocycles. The highest BCUT2D eigenvalue weighted by Gasteiger charge is 2.18. The molecule has 0 atom stereocenters. The van der Waals surface area contributed by atoms with Gasteiger partial charge in [-0.3, -0.25) is 4.79 Å². The van der Waals surface area contributed by atoms with Gasteiger partial charge in [-0.2, -0.15) is 5.26 Å². The Kier molecular flexibility index (Phi) is 6.80. The number of carbonyl (C=O) groups is 2. The number of hydrogen-bond donors (Lipinski definition) is 1. The molecule has 0 spiro atoms. The number of aromatic hydroxyl groups is 1. The number of nitrogens with zero attached hydrogens (tertiary/aromatic N) is 2. The molecule has 0 saturated heterocycles. The molecule has 3 rings (SSSR count). The van der Waals surface area contributed by atoms with Crippen molar-refractivity contribution < 1.29 is 19.4 Å². The third kappa shape index (κ3) is 5.24. The molecule has 0 aliphatic rings. The molecule has 0 aromatic heterocycles. The van der Waals surface area contributed by atoms with Gasteiger partial charge in [0.05, 0.1) is 18.1 Å². The van der Waals surface area contributed by atoms with Crippen molar-refractivity contribution in [2.24, 2.45) is 0 Å². The number of anilines is 1. The van der Waals surface area contributed by atoms with Crippen LogP contribution >= 0.6 is 0 Å². The molecule has 0 fully saturated rings. The van der Waals surface area contributed by atoms with Crippen LogP contribution in [0, 0.1) is 11.3 Å². The van der Waals surface area contributed by atoms with Crippen LogP contribution in [-0.2, 0) is 9.53 Å². The van der Waals surface area contributed by atoms with E-state index in [4.69, 9.17) is 10.00 Å². The monoisotopic (exact) mass is 400 g/mol. The molecule has 1 amide bonds. The summed E-state index contributed by atoms with van der Waals surface area (Å²) in [5.74, 6) is -0.857. The number of rotatable bonds is 7. The number of hydrogen-bond acceptors (Lipinski definition) is 5. The second-order valence-electron chi connectivity index (χ2n) is 6.49. The molecule has 3 aromatic carbocycles. The molecular formula is C24H20N2O4. The zero-order valence-electron chi connectivity index (χ0n) is 16.2. The molecule has 1 N–H and O–H groups in total. The third-order valence-electron chi connectivity index (χ3n) is 4.44. The lowest BCUT2D eigenvalue weighted by molar-refractivity contribution is -0.121. The summed E-state index contributed by atoms with van der Waals surface area (Å²) in [7, 11) is 0. The standard InChI is InChI=1S/C24H20N2O4/c25-14-5-15-26(21-8-2-1-3-9-21)23(28)17-30-24(29)20-7-4-6-19(16-20)18-10-12-22(27)13-11-18/h1-4,6-13,16,27H,5,15,17H2. The first kappa shape index (κ1) is 20.6. The fourth-order valence-corrected chi connectivity index (χ4v) is 2.94. The van der Waals surface area contributed by atoms with Gasteiger partial charge in [-0.05, 0) is 47.5 Å². The van der Waals surface area contributed by atoms with E-state index < -0.39 is 18.5 Å². The van der Waals surface area contributed by atoms with Crippen LogP contribution in [0.25, 0.3) is 11.1 Å². The van der Waals surface area contributed by atoms with E-state index in [0.717, 1.165) is 11.1 Å². The highest BCUT2D eigenvalue weighted by atomic mass is 16.5. The minimum atomic E-state index is -0.614. The van der Waals surface area contributed by atoms with E-state index >= 15 is 0 Å². The summed E-state index contributed by atoms with van der Waals surface area (Å²) in [6, 6.07) is 24.4. The molecule has 0 radical (unpaired) electrons. The lowest BCUT2D eigenvalue weighted by atomic mass is 10.0. The van der Waals surface area contributed by atoms with Crippen LogP contribution in [0.5, 0.6) is 5.75 Å².